The fourth-order valence-electron chi connectivity index (χ4n) is 3.42. The van der Waals surface area contributed by atoms with E-state index >= 15 is 0 Å². The molecule has 0 fully saturated rings. The summed E-state index contributed by atoms with van der Waals surface area (Å²) in [7, 11) is 4.91. The highest BCUT2D eigenvalue weighted by molar-refractivity contribution is 5.80. The summed E-state index contributed by atoms with van der Waals surface area (Å²) in [5.74, 6) is 2.77. The summed E-state index contributed by atoms with van der Waals surface area (Å²) in [5.41, 5.74) is 3.11. The first-order valence-electron chi connectivity index (χ1n) is 8.13. The van der Waals surface area contributed by atoms with E-state index in [2.05, 4.69) is 16.9 Å². The van der Waals surface area contributed by atoms with E-state index in [-0.39, 0.29) is 12.0 Å². The van der Waals surface area contributed by atoms with E-state index in [1.165, 1.54) is 5.56 Å². The Hall–Kier alpha value is -2.66. The minimum Gasteiger partial charge on any atom is -0.497 e. The normalized spacial score (nSPS) is 19.6. The van der Waals surface area contributed by atoms with Crippen molar-refractivity contribution in [3.8, 4) is 17.2 Å². The lowest BCUT2D eigenvalue weighted by Gasteiger charge is -2.27. The first-order chi connectivity index (χ1) is 12.2. The third-order valence-corrected chi connectivity index (χ3v) is 4.55. The molecule has 0 amide bonds. The van der Waals surface area contributed by atoms with Gasteiger partial charge in [0, 0.05) is 42.9 Å². The van der Waals surface area contributed by atoms with E-state index < -0.39 is 0 Å². The van der Waals surface area contributed by atoms with Crippen molar-refractivity contribution in [2.75, 3.05) is 27.9 Å². The Balaban J connectivity index is 0.000000490. The molecule has 3 aromatic rings. The zero-order valence-electron chi connectivity index (χ0n) is 14.4. The molecule has 0 saturated carbocycles. The molecular weight excluding hydrogens is 320 g/mol. The molecule has 5 rings (SSSR count). The molecule has 130 valence electrons. The molecule has 25 heavy (non-hydrogen) atoms. The molecule has 3 heterocycles. The van der Waals surface area contributed by atoms with Gasteiger partial charge in [0.15, 0.2) is 0 Å². The zero-order chi connectivity index (χ0) is 17.4. The lowest BCUT2D eigenvalue weighted by molar-refractivity contribution is 0.140. The fourth-order valence-corrected chi connectivity index (χ4v) is 3.42. The number of benzene rings is 2. The summed E-state index contributed by atoms with van der Waals surface area (Å²) >= 11 is 0. The van der Waals surface area contributed by atoms with Crippen LogP contribution in [0.4, 0.5) is 0 Å². The van der Waals surface area contributed by atoms with E-state index in [0.29, 0.717) is 6.61 Å². The van der Waals surface area contributed by atoms with Gasteiger partial charge in [0.05, 0.1) is 25.9 Å². The van der Waals surface area contributed by atoms with Gasteiger partial charge < -0.3 is 23.4 Å². The molecule has 5 heteroatoms. The molecule has 2 aromatic carbocycles. The number of ether oxygens (including phenoxy) is 4. The highest BCUT2D eigenvalue weighted by atomic mass is 16.5. The van der Waals surface area contributed by atoms with Crippen LogP contribution in [0.1, 0.15) is 23.1 Å². The molecule has 2 aliphatic heterocycles. The van der Waals surface area contributed by atoms with E-state index in [1.807, 2.05) is 24.3 Å². The van der Waals surface area contributed by atoms with Crippen LogP contribution in [0.25, 0.3) is 11.0 Å². The molecule has 0 aliphatic carbocycles. The molecule has 0 spiro atoms. The molecule has 2 aliphatic rings. The largest absolute Gasteiger partial charge is 0.497 e. The van der Waals surface area contributed by atoms with Crippen molar-refractivity contribution in [3.63, 3.8) is 0 Å². The summed E-state index contributed by atoms with van der Waals surface area (Å²) in [6, 6.07) is 12.0. The van der Waals surface area contributed by atoms with Gasteiger partial charge in [-0.25, -0.2) is 0 Å². The first-order valence-corrected chi connectivity index (χ1v) is 8.13. The second kappa shape index (κ2) is 6.33. The van der Waals surface area contributed by atoms with Gasteiger partial charge in [-0.1, -0.05) is 6.07 Å². The SMILES string of the molecule is COC.COc1ccc2c(c1)O[C@H]1c3cc4ccoc4cc3OC[C@@H]21. The lowest BCUT2D eigenvalue weighted by atomic mass is 9.89. The Labute approximate surface area is 146 Å². The molecule has 0 radical (unpaired) electrons. The van der Waals surface area contributed by atoms with Gasteiger partial charge in [-0.3, -0.25) is 0 Å². The van der Waals surface area contributed by atoms with E-state index in [0.717, 1.165) is 33.8 Å². The molecule has 2 atom stereocenters. The fraction of sp³-hybridized carbons (Fsp3) is 0.300. The van der Waals surface area contributed by atoms with Gasteiger partial charge in [-0.2, -0.15) is 0 Å². The third kappa shape index (κ3) is 2.61. The topological polar surface area (TPSA) is 50.1 Å². The second-order valence-corrected chi connectivity index (χ2v) is 6.12. The summed E-state index contributed by atoms with van der Waals surface area (Å²) in [6.07, 6.45) is 1.69. The van der Waals surface area contributed by atoms with Crippen LogP contribution >= 0.6 is 0 Å². The molecule has 5 nitrogen and oxygen atoms in total. The maximum Gasteiger partial charge on any atom is 0.138 e. The number of furan rings is 1. The monoisotopic (exact) mass is 340 g/mol. The van der Waals surface area contributed by atoms with Gasteiger partial charge >= 0.3 is 0 Å². The molecule has 1 aromatic heterocycles. The van der Waals surface area contributed by atoms with Crippen LogP contribution in [0.3, 0.4) is 0 Å². The maximum atomic E-state index is 6.21. The molecule has 0 bridgehead atoms. The quantitative estimate of drug-likeness (QED) is 0.660. The van der Waals surface area contributed by atoms with Crippen molar-refractivity contribution in [1.29, 1.82) is 0 Å². The highest BCUT2D eigenvalue weighted by Crippen LogP contribution is 2.52. The average Bonchev–Trinajstić information content (AvgIpc) is 3.23. The number of fused-ring (bicyclic) bond motifs is 6. The van der Waals surface area contributed by atoms with Gasteiger partial charge in [0.2, 0.25) is 0 Å². The van der Waals surface area contributed by atoms with Gasteiger partial charge in [0.25, 0.3) is 0 Å². The van der Waals surface area contributed by atoms with Crippen LogP contribution in [0.15, 0.2) is 47.1 Å². The van der Waals surface area contributed by atoms with Crippen LogP contribution in [0.5, 0.6) is 17.2 Å². The van der Waals surface area contributed by atoms with Crippen LogP contribution < -0.4 is 14.2 Å². The van der Waals surface area contributed by atoms with Crippen molar-refractivity contribution in [3.05, 3.63) is 53.8 Å². The zero-order valence-corrected chi connectivity index (χ0v) is 14.4. The summed E-state index contributed by atoms with van der Waals surface area (Å²) in [6.45, 7) is 0.614. The Morgan fingerprint density at radius 3 is 2.60 bits per heavy atom. The second-order valence-electron chi connectivity index (χ2n) is 6.12. The van der Waals surface area contributed by atoms with Gasteiger partial charge in [-0.05, 0) is 18.2 Å². The highest BCUT2D eigenvalue weighted by Gasteiger charge is 2.41. The van der Waals surface area contributed by atoms with Crippen molar-refractivity contribution in [2.24, 2.45) is 0 Å². The number of methoxy groups -OCH3 is 2. The standard InChI is InChI=1S/C18H14O4.C2H6O/c1-19-11-2-3-12-14-9-21-16-8-15-10(4-5-20-15)6-13(16)18(14)22-17(12)7-11;1-3-2/h2-8,14,18H,9H2,1H3;1-2H3/t14-,18-;/m0./s1. The minimum atomic E-state index is -0.00911. The number of hydrogen-bond donors (Lipinski definition) is 0. The molecule has 0 saturated heterocycles. The smallest absolute Gasteiger partial charge is 0.138 e. The summed E-state index contributed by atoms with van der Waals surface area (Å²) < 4.78 is 27.2. The number of hydrogen-bond acceptors (Lipinski definition) is 5. The van der Waals surface area contributed by atoms with Crippen molar-refractivity contribution in [2.45, 2.75) is 12.0 Å². The van der Waals surface area contributed by atoms with Crippen molar-refractivity contribution < 1.29 is 23.4 Å². The van der Waals surface area contributed by atoms with Crippen LogP contribution in [0, 0.1) is 0 Å². The maximum absolute atomic E-state index is 6.21. The van der Waals surface area contributed by atoms with E-state index in [9.17, 15) is 0 Å². The third-order valence-electron chi connectivity index (χ3n) is 4.55. The predicted molar refractivity (Wildman–Crippen MR) is 93.7 cm³/mol. The van der Waals surface area contributed by atoms with E-state index in [1.54, 1.807) is 27.6 Å². The first kappa shape index (κ1) is 15.8. The van der Waals surface area contributed by atoms with Gasteiger partial charge in [0.1, 0.15) is 28.9 Å². The Morgan fingerprint density at radius 2 is 1.80 bits per heavy atom. The van der Waals surface area contributed by atoms with Crippen molar-refractivity contribution in [1.82, 2.24) is 0 Å². The summed E-state index contributed by atoms with van der Waals surface area (Å²) in [4.78, 5) is 0. The lowest BCUT2D eigenvalue weighted by Crippen LogP contribution is -2.23. The van der Waals surface area contributed by atoms with Crippen LogP contribution in [-0.4, -0.2) is 27.9 Å². The molecule has 0 unspecified atom stereocenters. The summed E-state index contributed by atoms with van der Waals surface area (Å²) in [5, 5.41) is 1.07. The van der Waals surface area contributed by atoms with Crippen LogP contribution in [-0.2, 0) is 4.74 Å². The van der Waals surface area contributed by atoms with Gasteiger partial charge in [-0.15, -0.1) is 0 Å². The minimum absolute atomic E-state index is 0.00911. The van der Waals surface area contributed by atoms with Crippen LogP contribution in [0.2, 0.25) is 0 Å². The Kier molecular flexibility index (Phi) is 4.01. The number of rotatable bonds is 1. The Morgan fingerprint density at radius 1 is 0.960 bits per heavy atom. The predicted octanol–water partition coefficient (Wildman–Crippen LogP) is 4.31. The Bertz CT molecular complexity index is 898. The molecular formula is C20H20O5. The molecule has 0 N–H and O–H groups in total. The van der Waals surface area contributed by atoms with Crippen molar-refractivity contribution >= 4 is 11.0 Å². The average molecular weight is 340 g/mol. The van der Waals surface area contributed by atoms with E-state index in [4.69, 9.17) is 18.6 Å².